The minimum Gasteiger partial charge on any atom is -0.285 e. The molecule has 2 aromatic rings. The van der Waals surface area contributed by atoms with E-state index in [9.17, 15) is 4.79 Å². The summed E-state index contributed by atoms with van der Waals surface area (Å²) in [6, 6.07) is 19.6. The Hall–Kier alpha value is -2.33. The first-order valence-electron chi connectivity index (χ1n) is 7.17. The van der Waals surface area contributed by atoms with Crippen LogP contribution in [-0.2, 0) is 10.3 Å². The van der Waals surface area contributed by atoms with Crippen LogP contribution in [0.25, 0.3) is 0 Å². The van der Waals surface area contributed by atoms with Crippen molar-refractivity contribution in [1.29, 1.82) is 0 Å². The number of aliphatic imine (C=N–C) groups is 1. The van der Waals surface area contributed by atoms with Crippen molar-refractivity contribution in [1.82, 2.24) is 4.90 Å². The fraction of sp³-hybridized carbons (Fsp3) is 0.111. The number of amides is 1. The van der Waals surface area contributed by atoms with Crippen molar-refractivity contribution in [2.45, 2.75) is 5.54 Å². The van der Waals surface area contributed by atoms with Gasteiger partial charge in [0.05, 0.1) is 0 Å². The van der Waals surface area contributed by atoms with E-state index in [0.717, 1.165) is 16.3 Å². The van der Waals surface area contributed by atoms with Crippen LogP contribution in [0.4, 0.5) is 0 Å². The lowest BCUT2D eigenvalue weighted by molar-refractivity contribution is -0.129. The lowest BCUT2D eigenvalue weighted by atomic mass is 9.83. The van der Waals surface area contributed by atoms with Crippen molar-refractivity contribution < 1.29 is 4.79 Å². The molecule has 2 aliphatic rings. The van der Waals surface area contributed by atoms with Gasteiger partial charge < -0.3 is 0 Å². The highest BCUT2D eigenvalue weighted by Gasteiger charge is 2.51. The van der Waals surface area contributed by atoms with E-state index in [0.29, 0.717) is 6.54 Å². The molecular weight excluding hydrogens is 292 g/mol. The zero-order chi connectivity index (χ0) is 15.0. The second kappa shape index (κ2) is 5.14. The minimum absolute atomic E-state index is 0.0248. The van der Waals surface area contributed by atoms with Crippen LogP contribution in [0.2, 0.25) is 0 Å². The number of amidine groups is 1. The normalized spacial score (nSPS) is 19.0. The van der Waals surface area contributed by atoms with Crippen LogP contribution < -0.4 is 0 Å². The van der Waals surface area contributed by atoms with Gasteiger partial charge >= 0.3 is 0 Å². The molecule has 1 amide bonds. The summed E-state index contributed by atoms with van der Waals surface area (Å²) in [5.74, 6) is 0.0248. The number of nitrogens with zero attached hydrogens (tertiary/aromatic N) is 2. The molecule has 0 aromatic heterocycles. The molecule has 2 heterocycles. The smallest absolute Gasteiger partial charge is 0.266 e. The number of hydrogen-bond acceptors (Lipinski definition) is 3. The van der Waals surface area contributed by atoms with Gasteiger partial charge in [0.25, 0.3) is 5.91 Å². The monoisotopic (exact) mass is 306 g/mol. The summed E-state index contributed by atoms with van der Waals surface area (Å²) in [4.78, 5) is 19.9. The minimum atomic E-state index is -0.961. The van der Waals surface area contributed by atoms with E-state index in [1.807, 2.05) is 72.1 Å². The molecule has 108 valence electrons. The zero-order valence-corrected chi connectivity index (χ0v) is 12.7. The average Bonchev–Trinajstić information content (AvgIpc) is 2.91. The first kappa shape index (κ1) is 13.3. The first-order valence-corrected chi connectivity index (χ1v) is 8.05. The number of thioether (sulfide) groups is 1. The zero-order valence-electron chi connectivity index (χ0n) is 11.8. The molecule has 4 rings (SSSR count). The van der Waals surface area contributed by atoms with Crippen LogP contribution in [0.5, 0.6) is 0 Å². The Balaban J connectivity index is 1.96. The van der Waals surface area contributed by atoms with Crippen LogP contribution in [-0.4, -0.2) is 22.5 Å². The number of carbonyl (C=O) groups excluding carboxylic acids is 1. The van der Waals surface area contributed by atoms with E-state index >= 15 is 0 Å². The molecule has 22 heavy (non-hydrogen) atoms. The Morgan fingerprint density at radius 3 is 2.09 bits per heavy atom. The molecule has 0 saturated carbocycles. The van der Waals surface area contributed by atoms with Crippen molar-refractivity contribution in [2.75, 3.05) is 6.54 Å². The summed E-state index contributed by atoms with van der Waals surface area (Å²) in [6.45, 7) is 0.589. The SMILES string of the molecule is O=C1N2CC=CSC2=NC1(c1ccccc1)c1ccccc1. The summed E-state index contributed by atoms with van der Waals surface area (Å²) < 4.78 is 0. The molecule has 0 unspecified atom stereocenters. The highest BCUT2D eigenvalue weighted by atomic mass is 32.2. The van der Waals surface area contributed by atoms with Gasteiger partial charge in [-0.05, 0) is 16.5 Å². The summed E-state index contributed by atoms with van der Waals surface area (Å²) in [5.41, 5.74) is 0.860. The van der Waals surface area contributed by atoms with Crippen molar-refractivity contribution in [3.63, 3.8) is 0 Å². The molecule has 0 N–H and O–H groups in total. The maximum atomic E-state index is 13.2. The van der Waals surface area contributed by atoms with Gasteiger partial charge in [0.2, 0.25) is 0 Å². The Labute approximate surface area is 133 Å². The predicted molar refractivity (Wildman–Crippen MR) is 89.5 cm³/mol. The lowest BCUT2D eigenvalue weighted by Gasteiger charge is -2.27. The third-order valence-electron chi connectivity index (χ3n) is 3.99. The Kier molecular flexibility index (Phi) is 3.12. The van der Waals surface area contributed by atoms with Crippen LogP contribution in [0, 0.1) is 0 Å². The molecule has 0 saturated heterocycles. The van der Waals surface area contributed by atoms with E-state index in [-0.39, 0.29) is 5.91 Å². The van der Waals surface area contributed by atoms with Gasteiger partial charge in [0.1, 0.15) is 0 Å². The standard InChI is InChI=1S/C18H14N2OS/c21-16-18(14-8-3-1-4-9-14,15-10-5-2-6-11-15)19-17-20(16)12-7-13-22-17/h1-11,13H,12H2. The number of rotatable bonds is 2. The van der Waals surface area contributed by atoms with E-state index in [1.54, 1.807) is 4.90 Å². The van der Waals surface area contributed by atoms with Crippen LogP contribution in [0.15, 0.2) is 77.1 Å². The predicted octanol–water partition coefficient (Wildman–Crippen LogP) is 3.39. The maximum absolute atomic E-state index is 13.2. The maximum Gasteiger partial charge on any atom is 0.266 e. The van der Waals surface area contributed by atoms with Gasteiger partial charge in [0, 0.05) is 6.54 Å². The Morgan fingerprint density at radius 2 is 1.55 bits per heavy atom. The number of fused-ring (bicyclic) bond motifs is 1. The number of hydrogen-bond donors (Lipinski definition) is 0. The summed E-state index contributed by atoms with van der Waals surface area (Å²) in [6.07, 6.45) is 1.99. The summed E-state index contributed by atoms with van der Waals surface area (Å²) >= 11 is 1.50. The largest absolute Gasteiger partial charge is 0.285 e. The molecule has 0 radical (unpaired) electrons. The molecule has 0 fully saturated rings. The second-order valence-electron chi connectivity index (χ2n) is 5.24. The summed E-state index contributed by atoms with van der Waals surface area (Å²) in [7, 11) is 0. The van der Waals surface area contributed by atoms with Crippen molar-refractivity contribution in [3.05, 3.63) is 83.3 Å². The van der Waals surface area contributed by atoms with E-state index in [1.165, 1.54) is 11.8 Å². The van der Waals surface area contributed by atoms with E-state index in [4.69, 9.17) is 4.99 Å². The van der Waals surface area contributed by atoms with Crippen LogP contribution in [0.1, 0.15) is 11.1 Å². The molecule has 0 aliphatic carbocycles. The van der Waals surface area contributed by atoms with Gasteiger partial charge in [-0.25, -0.2) is 4.99 Å². The average molecular weight is 306 g/mol. The first-order chi connectivity index (χ1) is 10.8. The van der Waals surface area contributed by atoms with Crippen molar-refractivity contribution in [3.8, 4) is 0 Å². The molecule has 4 heteroatoms. The third kappa shape index (κ3) is 1.84. The molecule has 0 bridgehead atoms. The van der Waals surface area contributed by atoms with Gasteiger partial charge in [-0.15, -0.1) is 0 Å². The third-order valence-corrected chi connectivity index (χ3v) is 4.84. The van der Waals surface area contributed by atoms with Crippen LogP contribution >= 0.6 is 11.8 Å². The fourth-order valence-corrected chi connectivity index (χ4v) is 3.72. The van der Waals surface area contributed by atoms with Gasteiger partial charge in [-0.2, -0.15) is 0 Å². The van der Waals surface area contributed by atoms with Crippen molar-refractivity contribution in [2.24, 2.45) is 4.99 Å². The molecule has 0 atom stereocenters. The second-order valence-corrected chi connectivity index (χ2v) is 6.12. The molecule has 3 nitrogen and oxygen atoms in total. The number of carbonyl (C=O) groups is 1. The molecule has 2 aliphatic heterocycles. The van der Waals surface area contributed by atoms with E-state index < -0.39 is 5.54 Å². The lowest BCUT2D eigenvalue weighted by Crippen LogP contribution is -2.41. The van der Waals surface area contributed by atoms with Gasteiger partial charge in [-0.1, -0.05) is 78.5 Å². The van der Waals surface area contributed by atoms with Crippen LogP contribution in [0.3, 0.4) is 0 Å². The topological polar surface area (TPSA) is 32.7 Å². The quantitative estimate of drug-likeness (QED) is 0.852. The summed E-state index contributed by atoms with van der Waals surface area (Å²) in [5, 5.41) is 2.77. The highest BCUT2D eigenvalue weighted by Crippen LogP contribution is 2.42. The Morgan fingerprint density at radius 1 is 0.955 bits per heavy atom. The van der Waals surface area contributed by atoms with Gasteiger partial charge in [-0.3, -0.25) is 9.69 Å². The highest BCUT2D eigenvalue weighted by molar-refractivity contribution is 8.16. The molecule has 2 aromatic carbocycles. The molecular formula is C18H14N2OS. The fourth-order valence-electron chi connectivity index (χ4n) is 2.94. The number of benzene rings is 2. The Bertz CT molecular complexity index is 729. The molecule has 0 spiro atoms. The van der Waals surface area contributed by atoms with E-state index in [2.05, 4.69) is 0 Å². The van der Waals surface area contributed by atoms with Crippen molar-refractivity contribution >= 4 is 22.8 Å². The van der Waals surface area contributed by atoms with Gasteiger partial charge in [0.15, 0.2) is 10.7 Å².